The van der Waals surface area contributed by atoms with E-state index in [0.29, 0.717) is 12.8 Å². The standard InChI is InChI=1S/C25H26N2O7/c28-22(29)13-20(23(30)27-12-6-5-11-21(27)24(31)32)26-25(33)34-14-19-17-9-3-1-7-15(17)16-8-2-4-10-18(16)19/h1-4,7-10,19-21H,5-6,11-14H2,(H,26,33)(H,28,29)(H,31,32)/t20-,21-/m0/s1. The first-order valence-electron chi connectivity index (χ1n) is 11.2. The second-order valence-electron chi connectivity index (χ2n) is 8.50. The lowest BCUT2D eigenvalue weighted by molar-refractivity contribution is -0.153. The molecule has 2 amide bonds. The fraction of sp³-hybridized carbons (Fsp3) is 0.360. The van der Waals surface area contributed by atoms with Gasteiger partial charge in [0.15, 0.2) is 0 Å². The number of nitrogens with one attached hydrogen (secondary N) is 1. The van der Waals surface area contributed by atoms with Gasteiger partial charge in [-0.15, -0.1) is 0 Å². The summed E-state index contributed by atoms with van der Waals surface area (Å²) in [4.78, 5) is 49.7. The molecule has 34 heavy (non-hydrogen) atoms. The maximum absolute atomic E-state index is 13.0. The Balaban J connectivity index is 1.45. The molecule has 9 heteroatoms. The summed E-state index contributed by atoms with van der Waals surface area (Å²) in [7, 11) is 0. The first-order valence-corrected chi connectivity index (χ1v) is 11.2. The lowest BCUT2D eigenvalue weighted by Crippen LogP contribution is -2.56. The molecular formula is C25H26N2O7. The molecule has 2 aliphatic rings. The van der Waals surface area contributed by atoms with Crippen LogP contribution in [0.15, 0.2) is 48.5 Å². The Morgan fingerprint density at radius 1 is 0.971 bits per heavy atom. The van der Waals surface area contributed by atoms with E-state index in [1.165, 1.54) is 0 Å². The number of likely N-dealkylation sites (tertiary alicyclic amines) is 1. The van der Waals surface area contributed by atoms with Gasteiger partial charge in [0, 0.05) is 12.5 Å². The molecule has 0 unspecified atom stereocenters. The van der Waals surface area contributed by atoms with Gasteiger partial charge in [-0.05, 0) is 41.5 Å². The largest absolute Gasteiger partial charge is 0.481 e. The molecular weight excluding hydrogens is 440 g/mol. The molecule has 2 aromatic carbocycles. The van der Waals surface area contributed by atoms with Crippen LogP contribution in [0.25, 0.3) is 11.1 Å². The van der Waals surface area contributed by atoms with Gasteiger partial charge in [-0.1, -0.05) is 48.5 Å². The highest BCUT2D eigenvalue weighted by Crippen LogP contribution is 2.44. The molecule has 0 radical (unpaired) electrons. The van der Waals surface area contributed by atoms with Crippen LogP contribution in [0.5, 0.6) is 0 Å². The van der Waals surface area contributed by atoms with E-state index in [9.17, 15) is 29.4 Å². The molecule has 1 fully saturated rings. The Bertz CT molecular complexity index is 1070. The summed E-state index contributed by atoms with van der Waals surface area (Å²) in [5, 5.41) is 21.1. The highest BCUT2D eigenvalue weighted by atomic mass is 16.5. The van der Waals surface area contributed by atoms with Gasteiger partial charge in [0.25, 0.3) is 0 Å². The third-order valence-corrected chi connectivity index (χ3v) is 6.38. The molecule has 1 saturated heterocycles. The van der Waals surface area contributed by atoms with Gasteiger partial charge in [0.1, 0.15) is 18.7 Å². The fourth-order valence-electron chi connectivity index (χ4n) is 4.81. The van der Waals surface area contributed by atoms with Crippen LogP contribution in [0, 0.1) is 0 Å². The molecule has 1 aliphatic heterocycles. The first-order chi connectivity index (χ1) is 16.4. The van der Waals surface area contributed by atoms with E-state index in [2.05, 4.69) is 5.32 Å². The molecule has 0 bridgehead atoms. The first kappa shape index (κ1) is 23.3. The van der Waals surface area contributed by atoms with Crippen LogP contribution >= 0.6 is 0 Å². The van der Waals surface area contributed by atoms with Gasteiger partial charge < -0.3 is 25.2 Å². The number of ether oxygens (including phenoxy) is 1. The van der Waals surface area contributed by atoms with Crippen molar-refractivity contribution in [1.29, 1.82) is 0 Å². The van der Waals surface area contributed by atoms with Crippen molar-refractivity contribution in [1.82, 2.24) is 10.2 Å². The number of alkyl carbamates (subject to hydrolysis) is 1. The predicted molar refractivity (Wildman–Crippen MR) is 121 cm³/mol. The zero-order valence-electron chi connectivity index (χ0n) is 18.5. The van der Waals surface area contributed by atoms with Crippen LogP contribution in [-0.4, -0.2) is 64.3 Å². The molecule has 1 heterocycles. The number of fused-ring (bicyclic) bond motifs is 3. The highest BCUT2D eigenvalue weighted by Gasteiger charge is 2.37. The van der Waals surface area contributed by atoms with Crippen molar-refractivity contribution in [2.45, 2.75) is 43.7 Å². The Kier molecular flexibility index (Phi) is 6.81. The van der Waals surface area contributed by atoms with Crippen molar-refractivity contribution in [3.8, 4) is 11.1 Å². The summed E-state index contributed by atoms with van der Waals surface area (Å²) in [5.74, 6) is -3.36. The minimum Gasteiger partial charge on any atom is -0.481 e. The highest BCUT2D eigenvalue weighted by molar-refractivity contribution is 5.92. The number of hydrogen-bond acceptors (Lipinski definition) is 5. The molecule has 2 atom stereocenters. The number of rotatable bonds is 7. The average molecular weight is 466 g/mol. The minimum absolute atomic E-state index is 0.00923. The topological polar surface area (TPSA) is 133 Å². The average Bonchev–Trinajstić information content (AvgIpc) is 3.15. The second-order valence-corrected chi connectivity index (χ2v) is 8.50. The molecule has 0 aromatic heterocycles. The lowest BCUT2D eigenvalue weighted by Gasteiger charge is -2.35. The second kappa shape index (κ2) is 9.94. The van der Waals surface area contributed by atoms with Crippen LogP contribution < -0.4 is 5.32 Å². The molecule has 0 spiro atoms. The van der Waals surface area contributed by atoms with E-state index in [0.717, 1.165) is 27.2 Å². The summed E-state index contributed by atoms with van der Waals surface area (Å²) in [5.41, 5.74) is 4.17. The zero-order chi connectivity index (χ0) is 24.2. The summed E-state index contributed by atoms with van der Waals surface area (Å²) >= 11 is 0. The maximum Gasteiger partial charge on any atom is 0.407 e. The number of aliphatic carboxylic acids is 2. The summed E-state index contributed by atoms with van der Waals surface area (Å²) in [6.07, 6.45) is -0.0485. The maximum atomic E-state index is 13.0. The van der Waals surface area contributed by atoms with Crippen molar-refractivity contribution < 1.29 is 34.1 Å². The molecule has 9 nitrogen and oxygen atoms in total. The summed E-state index contributed by atoms with van der Waals surface area (Å²) in [6, 6.07) is 13.2. The number of amides is 2. The molecule has 1 aliphatic carbocycles. The van der Waals surface area contributed by atoms with E-state index in [1.54, 1.807) is 0 Å². The van der Waals surface area contributed by atoms with Crippen LogP contribution in [0.1, 0.15) is 42.7 Å². The number of benzene rings is 2. The smallest absolute Gasteiger partial charge is 0.407 e. The zero-order valence-corrected chi connectivity index (χ0v) is 18.5. The summed E-state index contributed by atoms with van der Waals surface area (Å²) < 4.78 is 5.43. The van der Waals surface area contributed by atoms with E-state index < -0.39 is 42.4 Å². The number of carbonyl (C=O) groups is 4. The van der Waals surface area contributed by atoms with Crippen molar-refractivity contribution in [2.24, 2.45) is 0 Å². The van der Waals surface area contributed by atoms with Gasteiger partial charge in [-0.2, -0.15) is 0 Å². The minimum atomic E-state index is -1.42. The van der Waals surface area contributed by atoms with Gasteiger partial charge in [-0.25, -0.2) is 9.59 Å². The van der Waals surface area contributed by atoms with Crippen LogP contribution in [0.4, 0.5) is 4.79 Å². The quantitative estimate of drug-likeness (QED) is 0.571. The molecule has 2 aromatic rings. The van der Waals surface area contributed by atoms with E-state index in [1.807, 2.05) is 48.5 Å². The van der Waals surface area contributed by atoms with Crippen LogP contribution in [0.3, 0.4) is 0 Å². The fourth-order valence-corrected chi connectivity index (χ4v) is 4.81. The number of hydrogen-bond donors (Lipinski definition) is 3. The number of piperidine rings is 1. The normalized spacial score (nSPS) is 17.9. The van der Waals surface area contributed by atoms with E-state index in [-0.39, 0.29) is 25.5 Å². The Hall–Kier alpha value is -3.88. The molecule has 0 saturated carbocycles. The van der Waals surface area contributed by atoms with Gasteiger partial charge in [-0.3, -0.25) is 9.59 Å². The van der Waals surface area contributed by atoms with Crippen molar-refractivity contribution in [3.63, 3.8) is 0 Å². The SMILES string of the molecule is O=C(O)C[C@H](NC(=O)OCC1c2ccccc2-c2ccccc21)C(=O)N1CCCC[C@H]1C(=O)O. The number of carboxylic acid groups (broad SMARTS) is 2. The van der Waals surface area contributed by atoms with E-state index >= 15 is 0 Å². The third kappa shape index (κ3) is 4.73. The Labute approximate surface area is 196 Å². The Morgan fingerprint density at radius 2 is 1.59 bits per heavy atom. The third-order valence-electron chi connectivity index (χ3n) is 6.38. The molecule has 3 N–H and O–H groups in total. The van der Waals surface area contributed by atoms with Gasteiger partial charge in [0.2, 0.25) is 5.91 Å². The van der Waals surface area contributed by atoms with Crippen molar-refractivity contribution in [3.05, 3.63) is 59.7 Å². The Morgan fingerprint density at radius 3 is 2.18 bits per heavy atom. The number of carbonyl (C=O) groups excluding carboxylic acids is 2. The number of carboxylic acids is 2. The monoisotopic (exact) mass is 466 g/mol. The van der Waals surface area contributed by atoms with Crippen LogP contribution in [0.2, 0.25) is 0 Å². The van der Waals surface area contributed by atoms with Crippen LogP contribution in [-0.2, 0) is 19.1 Å². The predicted octanol–water partition coefficient (Wildman–Crippen LogP) is 2.83. The van der Waals surface area contributed by atoms with Crippen molar-refractivity contribution >= 4 is 23.9 Å². The molecule has 178 valence electrons. The van der Waals surface area contributed by atoms with Gasteiger partial charge >= 0.3 is 18.0 Å². The van der Waals surface area contributed by atoms with Crippen molar-refractivity contribution in [2.75, 3.05) is 13.2 Å². The molecule has 4 rings (SSSR count). The number of nitrogens with zero attached hydrogens (tertiary/aromatic N) is 1. The van der Waals surface area contributed by atoms with Gasteiger partial charge in [0.05, 0.1) is 6.42 Å². The summed E-state index contributed by atoms with van der Waals surface area (Å²) in [6.45, 7) is 0.202. The lowest BCUT2D eigenvalue weighted by atomic mass is 9.98. The van der Waals surface area contributed by atoms with E-state index in [4.69, 9.17) is 4.74 Å².